The Bertz CT molecular complexity index is 542. The summed E-state index contributed by atoms with van der Waals surface area (Å²) in [6, 6.07) is 0.363. The second kappa shape index (κ2) is 6.95. The van der Waals surface area contributed by atoms with E-state index in [1.807, 2.05) is 9.80 Å². The number of morpholine rings is 1. The van der Waals surface area contributed by atoms with Crippen LogP contribution in [-0.2, 0) is 9.53 Å². The predicted octanol–water partition coefficient (Wildman–Crippen LogP) is -0.284. The van der Waals surface area contributed by atoms with Crippen molar-refractivity contribution < 1.29 is 19.0 Å². The first kappa shape index (κ1) is 15.7. The topological polar surface area (TPSA) is 89.9 Å². The van der Waals surface area contributed by atoms with Crippen LogP contribution in [0.2, 0.25) is 0 Å². The molecule has 0 radical (unpaired) electrons. The van der Waals surface area contributed by atoms with Gasteiger partial charge in [-0.25, -0.2) is 0 Å². The largest absolute Gasteiger partial charge is 0.467 e. The Balaban J connectivity index is 1.74. The molecule has 2 aliphatic heterocycles. The number of likely N-dealkylation sites (tertiary alicyclic amines) is 1. The fourth-order valence-electron chi connectivity index (χ4n) is 2.77. The summed E-state index contributed by atoms with van der Waals surface area (Å²) in [5, 5.41) is 0. The molecule has 2 saturated heterocycles. The molecule has 0 aromatic carbocycles. The first-order chi connectivity index (χ1) is 11.2. The molecule has 0 spiro atoms. The third-order valence-electron chi connectivity index (χ3n) is 3.99. The van der Waals surface area contributed by atoms with E-state index in [0.29, 0.717) is 25.6 Å². The van der Waals surface area contributed by atoms with Crippen LogP contribution in [0.25, 0.3) is 0 Å². The summed E-state index contributed by atoms with van der Waals surface area (Å²) in [6.45, 7) is 3.07. The van der Waals surface area contributed by atoms with Gasteiger partial charge in [-0.2, -0.15) is 9.97 Å². The smallest absolute Gasteiger partial charge is 0.324 e. The molecule has 0 bridgehead atoms. The lowest BCUT2D eigenvalue weighted by Crippen LogP contribution is -2.51. The summed E-state index contributed by atoms with van der Waals surface area (Å²) < 4.78 is 15.8. The molecule has 3 rings (SSSR count). The number of rotatable bonds is 4. The van der Waals surface area contributed by atoms with Crippen LogP contribution in [0.3, 0.4) is 0 Å². The first-order valence-electron chi connectivity index (χ1n) is 7.70. The summed E-state index contributed by atoms with van der Waals surface area (Å²) >= 11 is 0. The maximum atomic E-state index is 12.5. The van der Waals surface area contributed by atoms with Gasteiger partial charge in [0.15, 0.2) is 6.10 Å². The van der Waals surface area contributed by atoms with Crippen LogP contribution in [0.4, 0.5) is 5.95 Å². The highest BCUT2D eigenvalue weighted by Crippen LogP contribution is 2.20. The van der Waals surface area contributed by atoms with Gasteiger partial charge in [0.1, 0.15) is 0 Å². The van der Waals surface area contributed by atoms with Gasteiger partial charge >= 0.3 is 12.0 Å². The van der Waals surface area contributed by atoms with Crippen molar-refractivity contribution >= 4 is 11.9 Å². The molecule has 23 heavy (non-hydrogen) atoms. The van der Waals surface area contributed by atoms with E-state index in [9.17, 15) is 4.79 Å². The van der Waals surface area contributed by atoms with E-state index in [1.54, 1.807) is 0 Å². The highest BCUT2D eigenvalue weighted by atomic mass is 16.5. The second-order valence-electron chi connectivity index (χ2n) is 5.45. The van der Waals surface area contributed by atoms with Gasteiger partial charge in [0, 0.05) is 19.6 Å². The monoisotopic (exact) mass is 323 g/mol. The molecule has 1 aromatic heterocycles. The Kier molecular flexibility index (Phi) is 4.75. The van der Waals surface area contributed by atoms with Gasteiger partial charge in [-0.1, -0.05) is 0 Å². The summed E-state index contributed by atoms with van der Waals surface area (Å²) in [5.41, 5.74) is 0. The van der Waals surface area contributed by atoms with Crippen LogP contribution in [-0.4, -0.2) is 78.9 Å². The normalized spacial score (nSPS) is 21.4. The van der Waals surface area contributed by atoms with Gasteiger partial charge < -0.3 is 24.0 Å². The second-order valence-corrected chi connectivity index (χ2v) is 5.45. The Hall–Kier alpha value is -2.16. The number of amides is 1. The van der Waals surface area contributed by atoms with Gasteiger partial charge in [0.05, 0.1) is 27.4 Å². The maximum absolute atomic E-state index is 12.5. The predicted molar refractivity (Wildman–Crippen MR) is 80.7 cm³/mol. The van der Waals surface area contributed by atoms with E-state index >= 15 is 0 Å². The Morgan fingerprint density at radius 1 is 1.09 bits per heavy atom. The zero-order valence-corrected chi connectivity index (χ0v) is 13.4. The Morgan fingerprint density at radius 3 is 2.35 bits per heavy atom. The average molecular weight is 323 g/mol. The Morgan fingerprint density at radius 2 is 1.74 bits per heavy atom. The molecular weight excluding hydrogens is 302 g/mol. The fraction of sp³-hybridized carbons (Fsp3) is 0.714. The first-order valence-corrected chi connectivity index (χ1v) is 7.70. The highest BCUT2D eigenvalue weighted by molar-refractivity contribution is 5.82. The molecule has 2 fully saturated rings. The molecule has 126 valence electrons. The molecule has 9 heteroatoms. The molecule has 0 N–H and O–H groups in total. The molecular formula is C14H21N5O4. The van der Waals surface area contributed by atoms with Crippen molar-refractivity contribution in [3.05, 3.63) is 0 Å². The molecule has 1 amide bonds. The lowest BCUT2D eigenvalue weighted by molar-refractivity contribution is -0.143. The number of hydrogen-bond donors (Lipinski definition) is 0. The van der Waals surface area contributed by atoms with Crippen molar-refractivity contribution in [3.8, 4) is 12.0 Å². The quantitative estimate of drug-likeness (QED) is 0.747. The molecule has 2 aliphatic rings. The summed E-state index contributed by atoms with van der Waals surface area (Å²) in [5.74, 6) is 0.469. The molecule has 1 aromatic rings. The average Bonchev–Trinajstić information content (AvgIpc) is 3.15. The van der Waals surface area contributed by atoms with E-state index in [2.05, 4.69) is 15.0 Å². The van der Waals surface area contributed by atoms with Crippen molar-refractivity contribution in [2.45, 2.75) is 18.9 Å². The zero-order chi connectivity index (χ0) is 16.2. The van der Waals surface area contributed by atoms with Crippen LogP contribution in [0, 0.1) is 0 Å². The van der Waals surface area contributed by atoms with Gasteiger partial charge in [-0.15, -0.1) is 4.98 Å². The molecule has 1 unspecified atom stereocenters. The summed E-state index contributed by atoms with van der Waals surface area (Å²) in [4.78, 5) is 28.7. The van der Waals surface area contributed by atoms with Crippen molar-refractivity contribution in [2.24, 2.45) is 0 Å². The van der Waals surface area contributed by atoms with E-state index in [4.69, 9.17) is 14.2 Å². The third-order valence-corrected chi connectivity index (χ3v) is 3.99. The lowest BCUT2D eigenvalue weighted by Gasteiger charge is -2.33. The highest BCUT2D eigenvalue weighted by Gasteiger charge is 2.32. The summed E-state index contributed by atoms with van der Waals surface area (Å²) in [6.07, 6.45) is 1.63. The van der Waals surface area contributed by atoms with Crippen LogP contribution in [0.5, 0.6) is 12.0 Å². The van der Waals surface area contributed by atoms with E-state index < -0.39 is 6.10 Å². The van der Waals surface area contributed by atoms with Gasteiger partial charge in [-0.3, -0.25) is 4.79 Å². The van der Waals surface area contributed by atoms with E-state index in [0.717, 1.165) is 25.9 Å². The van der Waals surface area contributed by atoms with Crippen LogP contribution >= 0.6 is 0 Å². The van der Waals surface area contributed by atoms with Crippen molar-refractivity contribution in [1.82, 2.24) is 19.9 Å². The van der Waals surface area contributed by atoms with Crippen LogP contribution < -0.4 is 14.4 Å². The number of carbonyl (C=O) groups is 1. The number of anilines is 1. The number of hydrogen-bond acceptors (Lipinski definition) is 8. The zero-order valence-electron chi connectivity index (χ0n) is 13.4. The lowest BCUT2D eigenvalue weighted by atomic mass is 10.2. The van der Waals surface area contributed by atoms with Crippen molar-refractivity contribution in [2.75, 3.05) is 51.9 Å². The van der Waals surface area contributed by atoms with Crippen LogP contribution in [0.15, 0.2) is 0 Å². The van der Waals surface area contributed by atoms with Gasteiger partial charge in [0.2, 0.25) is 5.95 Å². The summed E-state index contributed by atoms with van der Waals surface area (Å²) in [7, 11) is 2.97. The molecule has 3 heterocycles. The number of aromatic nitrogens is 3. The van der Waals surface area contributed by atoms with Gasteiger partial charge in [-0.05, 0) is 12.8 Å². The minimum Gasteiger partial charge on any atom is -0.467 e. The minimum atomic E-state index is -0.490. The number of ether oxygens (including phenoxy) is 3. The standard InChI is InChI=1S/C14H21N5O4/c1-21-13-15-12(16-14(17-13)22-2)19-7-8-23-10(9-19)11(20)18-5-3-4-6-18/h10H,3-9H2,1-2H3. The molecule has 1 atom stereocenters. The fourth-order valence-corrected chi connectivity index (χ4v) is 2.77. The number of methoxy groups -OCH3 is 2. The SMILES string of the molecule is COc1nc(OC)nc(N2CCOC(C(=O)N3CCCC3)C2)n1. The van der Waals surface area contributed by atoms with Gasteiger partial charge in [0.25, 0.3) is 5.91 Å². The van der Waals surface area contributed by atoms with Crippen LogP contribution in [0.1, 0.15) is 12.8 Å². The van der Waals surface area contributed by atoms with E-state index in [1.165, 1.54) is 14.2 Å². The Labute approximate surface area is 134 Å². The minimum absolute atomic E-state index is 0.0418. The number of nitrogens with zero attached hydrogens (tertiary/aromatic N) is 5. The molecule has 9 nitrogen and oxygen atoms in total. The molecule has 0 aliphatic carbocycles. The maximum Gasteiger partial charge on any atom is 0.324 e. The van der Waals surface area contributed by atoms with Crippen molar-refractivity contribution in [3.63, 3.8) is 0 Å². The van der Waals surface area contributed by atoms with Crippen molar-refractivity contribution in [1.29, 1.82) is 0 Å². The van der Waals surface area contributed by atoms with E-state index in [-0.39, 0.29) is 17.9 Å². The number of carbonyl (C=O) groups excluding carboxylic acids is 1. The third kappa shape index (κ3) is 3.44. The molecule has 0 saturated carbocycles.